The summed E-state index contributed by atoms with van der Waals surface area (Å²) in [6.45, 7) is -0.00359. The number of methoxy groups -OCH3 is 1. The molecule has 0 aromatic rings. The van der Waals surface area contributed by atoms with Gasteiger partial charge >= 0.3 is 11.9 Å². The van der Waals surface area contributed by atoms with Gasteiger partial charge in [-0.15, -0.1) is 0 Å². The smallest absolute Gasteiger partial charge is 0.344 e. The second kappa shape index (κ2) is 5.04. The second-order valence-corrected chi connectivity index (χ2v) is 3.34. The summed E-state index contributed by atoms with van der Waals surface area (Å²) in [5.41, 5.74) is 0.344. The van der Waals surface area contributed by atoms with Gasteiger partial charge in [-0.25, -0.2) is 9.59 Å². The molecule has 0 unspecified atom stereocenters. The van der Waals surface area contributed by atoms with Crippen LogP contribution in [0.1, 0.15) is 12.8 Å². The summed E-state index contributed by atoms with van der Waals surface area (Å²) in [7, 11) is 1.40. The first-order valence-corrected chi connectivity index (χ1v) is 4.60. The van der Waals surface area contributed by atoms with E-state index in [1.54, 1.807) is 0 Å². The molecule has 1 heterocycles. The Labute approximate surface area is 91.0 Å². The van der Waals surface area contributed by atoms with Crippen molar-refractivity contribution in [2.45, 2.75) is 12.8 Å². The minimum absolute atomic E-state index is 0.00359. The normalized spacial score (nSPS) is 15.9. The predicted molar refractivity (Wildman–Crippen MR) is 50.1 cm³/mol. The molecule has 15 heavy (non-hydrogen) atoms. The first-order chi connectivity index (χ1) is 7.06. The molecule has 0 fully saturated rings. The van der Waals surface area contributed by atoms with Crippen molar-refractivity contribution in [3.8, 4) is 0 Å². The zero-order valence-corrected chi connectivity index (χ0v) is 8.80. The van der Waals surface area contributed by atoms with Crippen LogP contribution in [0.5, 0.6) is 0 Å². The molecule has 82 valence electrons. The molecule has 0 atom stereocenters. The molecule has 0 spiro atoms. The molecule has 0 aliphatic carbocycles. The lowest BCUT2D eigenvalue weighted by atomic mass is 10.1. The number of ether oxygens (including phenoxy) is 2. The van der Waals surface area contributed by atoms with Gasteiger partial charge in [0.2, 0.25) is 5.24 Å². The molecule has 0 bridgehead atoms. The summed E-state index contributed by atoms with van der Waals surface area (Å²) in [5, 5.41) is -0.564. The van der Waals surface area contributed by atoms with Crippen LogP contribution in [0, 0.1) is 0 Å². The monoisotopic (exact) mass is 232 g/mol. The highest BCUT2D eigenvalue weighted by molar-refractivity contribution is 6.63. The van der Waals surface area contributed by atoms with Gasteiger partial charge in [0, 0.05) is 13.5 Å². The molecule has 1 aliphatic heterocycles. The number of cyclic esters (lactones) is 2. The van der Waals surface area contributed by atoms with E-state index in [1.807, 2.05) is 0 Å². The molecule has 0 aromatic carbocycles. The Morgan fingerprint density at radius 2 is 1.93 bits per heavy atom. The lowest BCUT2D eigenvalue weighted by Crippen LogP contribution is -2.05. The quantitative estimate of drug-likeness (QED) is 0.394. The summed E-state index contributed by atoms with van der Waals surface area (Å²) in [6.07, 6.45) is 0.0953. The van der Waals surface area contributed by atoms with Crippen LogP contribution < -0.4 is 0 Å². The molecule has 1 rings (SSSR count). The predicted octanol–water partition coefficient (Wildman–Crippen LogP) is 0.558. The van der Waals surface area contributed by atoms with Crippen LogP contribution in [0.15, 0.2) is 11.1 Å². The molecule has 0 N–H and O–H groups in total. The van der Waals surface area contributed by atoms with Crippen LogP contribution in [-0.4, -0.2) is 30.9 Å². The van der Waals surface area contributed by atoms with Crippen molar-refractivity contribution in [3.63, 3.8) is 0 Å². The molecular weight excluding hydrogens is 224 g/mol. The fourth-order valence-electron chi connectivity index (χ4n) is 1.22. The van der Waals surface area contributed by atoms with E-state index in [-0.39, 0.29) is 30.6 Å². The zero-order valence-electron chi connectivity index (χ0n) is 8.04. The summed E-state index contributed by atoms with van der Waals surface area (Å²) in [6, 6.07) is 0. The molecule has 0 aromatic heterocycles. The van der Waals surface area contributed by atoms with E-state index in [1.165, 1.54) is 7.11 Å². The number of esters is 2. The molecule has 6 heteroatoms. The van der Waals surface area contributed by atoms with Crippen molar-refractivity contribution in [1.82, 2.24) is 0 Å². The maximum absolute atomic E-state index is 11.2. The Morgan fingerprint density at radius 1 is 1.33 bits per heavy atom. The number of hydrogen-bond acceptors (Lipinski definition) is 5. The number of carbonyl (C=O) groups excluding carboxylic acids is 3. The van der Waals surface area contributed by atoms with Gasteiger partial charge in [0.05, 0.1) is 17.8 Å². The second-order valence-electron chi connectivity index (χ2n) is 2.92. The molecule has 0 saturated carbocycles. The van der Waals surface area contributed by atoms with E-state index in [0.717, 1.165) is 0 Å². The van der Waals surface area contributed by atoms with Gasteiger partial charge in [0.25, 0.3) is 0 Å². The van der Waals surface area contributed by atoms with Gasteiger partial charge in [-0.3, -0.25) is 4.79 Å². The molecule has 0 amide bonds. The Morgan fingerprint density at radius 3 is 2.47 bits per heavy atom. The van der Waals surface area contributed by atoms with E-state index in [2.05, 4.69) is 4.74 Å². The largest absolute Gasteiger partial charge is 0.386 e. The Bertz CT molecular complexity index is 344. The van der Waals surface area contributed by atoms with Crippen molar-refractivity contribution in [1.29, 1.82) is 0 Å². The van der Waals surface area contributed by atoms with E-state index >= 15 is 0 Å². The van der Waals surface area contributed by atoms with Gasteiger partial charge in [-0.05, 0) is 18.0 Å². The molecule has 5 nitrogen and oxygen atoms in total. The Kier molecular flexibility index (Phi) is 3.99. The third-order valence-corrected chi connectivity index (χ3v) is 2.09. The average Bonchev–Trinajstić information content (AvgIpc) is 2.40. The minimum Gasteiger partial charge on any atom is -0.386 e. The highest BCUT2D eigenvalue weighted by Crippen LogP contribution is 2.22. The SMILES string of the molecule is COCC1=C(CCC(=O)Cl)C(=O)OC1=O. The maximum atomic E-state index is 11.2. The summed E-state index contributed by atoms with van der Waals surface area (Å²) in [4.78, 5) is 32.8. The van der Waals surface area contributed by atoms with Gasteiger partial charge in [-0.1, -0.05) is 0 Å². The highest BCUT2D eigenvalue weighted by atomic mass is 35.5. The van der Waals surface area contributed by atoms with Gasteiger partial charge < -0.3 is 9.47 Å². The Balaban J connectivity index is 2.81. The fraction of sp³-hybridized carbons (Fsp3) is 0.444. The van der Waals surface area contributed by atoms with Crippen LogP contribution in [-0.2, 0) is 23.9 Å². The van der Waals surface area contributed by atoms with E-state index in [4.69, 9.17) is 16.3 Å². The minimum atomic E-state index is -0.718. The van der Waals surface area contributed by atoms with Crippen LogP contribution in [0.2, 0.25) is 0 Å². The van der Waals surface area contributed by atoms with Crippen molar-refractivity contribution < 1.29 is 23.9 Å². The highest BCUT2D eigenvalue weighted by Gasteiger charge is 2.32. The third kappa shape index (κ3) is 2.87. The average molecular weight is 233 g/mol. The Hall–Kier alpha value is -1.20. The lowest BCUT2D eigenvalue weighted by Gasteiger charge is -1.98. The zero-order chi connectivity index (χ0) is 11.4. The number of carbonyl (C=O) groups is 3. The maximum Gasteiger partial charge on any atom is 0.344 e. The topological polar surface area (TPSA) is 69.7 Å². The summed E-state index contributed by atoms with van der Waals surface area (Å²) < 4.78 is 9.14. The van der Waals surface area contributed by atoms with E-state index in [9.17, 15) is 14.4 Å². The molecule has 0 radical (unpaired) electrons. The van der Waals surface area contributed by atoms with Crippen molar-refractivity contribution in [3.05, 3.63) is 11.1 Å². The van der Waals surface area contributed by atoms with Crippen molar-refractivity contribution >= 4 is 28.8 Å². The van der Waals surface area contributed by atoms with Crippen LogP contribution in [0.25, 0.3) is 0 Å². The number of rotatable bonds is 5. The first-order valence-electron chi connectivity index (χ1n) is 4.22. The third-order valence-electron chi connectivity index (χ3n) is 1.90. The van der Waals surface area contributed by atoms with Crippen LogP contribution in [0.4, 0.5) is 0 Å². The summed E-state index contributed by atoms with van der Waals surface area (Å²) in [5.74, 6) is -1.43. The van der Waals surface area contributed by atoms with Gasteiger partial charge in [0.15, 0.2) is 0 Å². The van der Waals surface area contributed by atoms with Crippen molar-refractivity contribution in [2.24, 2.45) is 0 Å². The number of hydrogen-bond donors (Lipinski definition) is 0. The number of halogens is 1. The molecular formula is C9H9ClO5. The first kappa shape index (κ1) is 11.9. The molecule has 1 aliphatic rings. The molecule has 0 saturated heterocycles. The standard InChI is InChI=1S/C9H9ClO5/c1-14-4-6-5(2-3-7(10)11)8(12)15-9(6)13/h2-4H2,1H3. The van der Waals surface area contributed by atoms with E-state index < -0.39 is 17.2 Å². The van der Waals surface area contributed by atoms with Gasteiger partial charge in [0.1, 0.15) is 0 Å². The van der Waals surface area contributed by atoms with Gasteiger partial charge in [-0.2, -0.15) is 0 Å². The van der Waals surface area contributed by atoms with Crippen LogP contribution in [0.3, 0.4) is 0 Å². The summed E-state index contributed by atoms with van der Waals surface area (Å²) >= 11 is 5.14. The fourth-order valence-corrected chi connectivity index (χ4v) is 1.31. The van der Waals surface area contributed by atoms with Crippen molar-refractivity contribution in [2.75, 3.05) is 13.7 Å². The van der Waals surface area contributed by atoms with Crippen LogP contribution >= 0.6 is 11.6 Å². The lowest BCUT2D eigenvalue weighted by molar-refractivity contribution is -0.151. The van der Waals surface area contributed by atoms with E-state index in [0.29, 0.717) is 0 Å².